The molecule has 1 aliphatic rings. The molecular weight excluding hydrogens is 348 g/mol. The molecule has 0 heterocycles. The number of methoxy groups -OCH3 is 1. The summed E-state index contributed by atoms with van der Waals surface area (Å²) in [6.45, 7) is 0. The number of fused-ring (bicyclic) bond motifs is 2. The third kappa shape index (κ3) is 2.43. The summed E-state index contributed by atoms with van der Waals surface area (Å²) in [7, 11) is 1.35. The second-order valence-electron chi connectivity index (χ2n) is 7.38. The fourth-order valence-corrected chi connectivity index (χ4v) is 4.62. The zero-order chi connectivity index (χ0) is 19.3. The molecule has 0 bridgehead atoms. The van der Waals surface area contributed by atoms with Crippen molar-refractivity contribution >= 4 is 50.1 Å². The molecule has 28 heavy (non-hydrogen) atoms. The first kappa shape index (κ1) is 16.9. The minimum absolute atomic E-state index is 0.0220. The SMILES string of the molecule is COC(=O)CCC(=O)c1ccc2c3c4c(cccc4c4cccc1c24)CCC=3. The second kappa shape index (κ2) is 6.45. The van der Waals surface area contributed by atoms with Gasteiger partial charge in [0, 0.05) is 12.0 Å². The number of rotatable bonds is 4. The first-order chi connectivity index (χ1) is 13.7. The molecule has 0 atom stereocenters. The molecule has 0 fully saturated rings. The van der Waals surface area contributed by atoms with E-state index in [0.29, 0.717) is 5.56 Å². The van der Waals surface area contributed by atoms with Crippen LogP contribution in [0.25, 0.3) is 38.4 Å². The molecule has 0 N–H and O–H groups in total. The summed E-state index contributed by atoms with van der Waals surface area (Å²) in [6.07, 6.45) is 4.71. The number of ketones is 1. The third-order valence-electron chi connectivity index (χ3n) is 5.89. The molecule has 4 aromatic rings. The third-order valence-corrected chi connectivity index (χ3v) is 5.89. The van der Waals surface area contributed by atoms with Crippen LogP contribution < -0.4 is 5.22 Å². The zero-order valence-electron chi connectivity index (χ0n) is 15.7. The van der Waals surface area contributed by atoms with E-state index >= 15 is 0 Å². The van der Waals surface area contributed by atoms with Gasteiger partial charge in [-0.3, -0.25) is 9.59 Å². The number of hydrogen-bond acceptors (Lipinski definition) is 3. The van der Waals surface area contributed by atoms with Gasteiger partial charge in [-0.05, 0) is 55.9 Å². The lowest BCUT2D eigenvalue weighted by molar-refractivity contribution is -0.140. The summed E-state index contributed by atoms with van der Waals surface area (Å²) in [5.74, 6) is -0.379. The molecule has 3 heteroatoms. The molecular formula is C25H20O3. The highest BCUT2D eigenvalue weighted by Gasteiger charge is 2.18. The molecule has 0 aliphatic heterocycles. The minimum Gasteiger partial charge on any atom is -0.469 e. The van der Waals surface area contributed by atoms with E-state index in [1.165, 1.54) is 39.4 Å². The van der Waals surface area contributed by atoms with Gasteiger partial charge in [0.2, 0.25) is 0 Å². The monoisotopic (exact) mass is 368 g/mol. The van der Waals surface area contributed by atoms with Gasteiger partial charge in [-0.15, -0.1) is 0 Å². The highest BCUT2D eigenvalue weighted by atomic mass is 16.5. The average molecular weight is 368 g/mol. The Balaban J connectivity index is 1.81. The average Bonchev–Trinajstić information content (AvgIpc) is 2.75. The Morgan fingerprint density at radius 2 is 1.61 bits per heavy atom. The van der Waals surface area contributed by atoms with Crippen LogP contribution in [-0.4, -0.2) is 18.9 Å². The topological polar surface area (TPSA) is 43.4 Å². The Hall–Kier alpha value is -3.20. The van der Waals surface area contributed by atoms with Gasteiger partial charge < -0.3 is 4.74 Å². The Morgan fingerprint density at radius 3 is 2.43 bits per heavy atom. The van der Waals surface area contributed by atoms with Crippen LogP contribution in [0.15, 0.2) is 48.5 Å². The van der Waals surface area contributed by atoms with Crippen LogP contribution in [-0.2, 0) is 16.0 Å². The first-order valence-electron chi connectivity index (χ1n) is 9.68. The number of Topliss-reactive ketones (excluding diaryl/α,β-unsaturated/α-hetero) is 1. The van der Waals surface area contributed by atoms with Crippen molar-refractivity contribution in [3.63, 3.8) is 0 Å². The highest BCUT2D eigenvalue weighted by molar-refractivity contribution is 6.25. The molecule has 138 valence electrons. The maximum atomic E-state index is 12.8. The second-order valence-corrected chi connectivity index (χ2v) is 7.38. The molecule has 0 unspecified atom stereocenters. The Morgan fingerprint density at radius 1 is 0.857 bits per heavy atom. The van der Waals surface area contributed by atoms with Crippen molar-refractivity contribution in [2.45, 2.75) is 25.7 Å². The van der Waals surface area contributed by atoms with Crippen molar-refractivity contribution in [1.29, 1.82) is 0 Å². The molecule has 0 amide bonds. The number of esters is 1. The number of carbonyl (C=O) groups excluding carboxylic acids is 2. The van der Waals surface area contributed by atoms with E-state index < -0.39 is 0 Å². The molecule has 0 saturated carbocycles. The minimum atomic E-state index is -0.357. The summed E-state index contributed by atoms with van der Waals surface area (Å²) in [6, 6.07) is 16.7. The molecule has 0 aromatic heterocycles. The lowest BCUT2D eigenvalue weighted by atomic mass is 9.85. The number of benzene rings is 4. The van der Waals surface area contributed by atoms with Gasteiger partial charge in [0.25, 0.3) is 0 Å². The number of aryl methyl sites for hydroxylation is 1. The lowest BCUT2D eigenvalue weighted by Crippen LogP contribution is -2.13. The van der Waals surface area contributed by atoms with Gasteiger partial charge in [0.1, 0.15) is 0 Å². The standard InChI is InChI=1S/C25H20O3/c1-28-23(27)14-13-22(26)16-11-12-21-19-8-3-6-15-5-2-7-18(24(15)19)20-10-4-9-17(16)25(20)21/h2,4-5,7-12H,3,6,13-14H2,1H3. The molecule has 4 aromatic carbocycles. The zero-order valence-corrected chi connectivity index (χ0v) is 15.7. The molecule has 0 saturated heterocycles. The van der Waals surface area contributed by atoms with Crippen LogP contribution >= 0.6 is 0 Å². The van der Waals surface area contributed by atoms with Gasteiger partial charge in [-0.2, -0.15) is 0 Å². The Kier molecular flexibility index (Phi) is 3.90. The predicted molar refractivity (Wildman–Crippen MR) is 113 cm³/mol. The van der Waals surface area contributed by atoms with Gasteiger partial charge in [-0.1, -0.05) is 54.6 Å². The molecule has 1 aliphatic carbocycles. The van der Waals surface area contributed by atoms with Gasteiger partial charge in [0.15, 0.2) is 5.78 Å². The van der Waals surface area contributed by atoms with Gasteiger partial charge >= 0.3 is 5.97 Å². The Bertz CT molecular complexity index is 1330. The number of ether oxygens (including phenoxy) is 1. The predicted octanol–water partition coefficient (Wildman–Crippen LogP) is 4.73. The van der Waals surface area contributed by atoms with Crippen LogP contribution in [0.2, 0.25) is 0 Å². The van der Waals surface area contributed by atoms with Crippen molar-refractivity contribution in [3.8, 4) is 0 Å². The van der Waals surface area contributed by atoms with E-state index in [9.17, 15) is 9.59 Å². The van der Waals surface area contributed by atoms with Crippen LogP contribution in [0.5, 0.6) is 0 Å². The van der Waals surface area contributed by atoms with E-state index in [1.807, 2.05) is 18.2 Å². The number of carbonyl (C=O) groups is 2. The molecule has 0 spiro atoms. The maximum absolute atomic E-state index is 12.8. The van der Waals surface area contributed by atoms with E-state index in [0.717, 1.165) is 23.6 Å². The van der Waals surface area contributed by atoms with Crippen molar-refractivity contribution in [2.75, 3.05) is 7.11 Å². The van der Waals surface area contributed by atoms with Crippen LogP contribution in [0.4, 0.5) is 0 Å². The van der Waals surface area contributed by atoms with E-state index in [1.54, 1.807) is 0 Å². The normalized spacial score (nSPS) is 13.0. The van der Waals surface area contributed by atoms with Crippen LogP contribution in [0.3, 0.4) is 0 Å². The van der Waals surface area contributed by atoms with Crippen molar-refractivity contribution in [2.24, 2.45) is 0 Å². The highest BCUT2D eigenvalue weighted by Crippen LogP contribution is 2.35. The summed E-state index contributed by atoms with van der Waals surface area (Å²) >= 11 is 0. The Labute approximate surface area is 162 Å². The number of hydrogen-bond donors (Lipinski definition) is 0. The van der Waals surface area contributed by atoms with Crippen molar-refractivity contribution in [3.05, 3.63) is 64.9 Å². The fraction of sp³-hybridized carbons (Fsp3) is 0.200. The molecule has 5 rings (SSSR count). The first-order valence-corrected chi connectivity index (χ1v) is 9.68. The van der Waals surface area contributed by atoms with Gasteiger partial charge in [-0.25, -0.2) is 0 Å². The summed E-state index contributed by atoms with van der Waals surface area (Å²) < 4.78 is 4.68. The largest absolute Gasteiger partial charge is 0.469 e. The maximum Gasteiger partial charge on any atom is 0.305 e. The van der Waals surface area contributed by atoms with Crippen molar-refractivity contribution in [1.82, 2.24) is 0 Å². The van der Waals surface area contributed by atoms with E-state index in [2.05, 4.69) is 41.1 Å². The summed E-state index contributed by atoms with van der Waals surface area (Å²) in [4.78, 5) is 24.3. The van der Waals surface area contributed by atoms with Crippen LogP contribution in [0, 0.1) is 0 Å². The van der Waals surface area contributed by atoms with E-state index in [-0.39, 0.29) is 24.6 Å². The molecule has 3 nitrogen and oxygen atoms in total. The van der Waals surface area contributed by atoms with E-state index in [4.69, 9.17) is 0 Å². The lowest BCUT2D eigenvalue weighted by Gasteiger charge is -2.18. The fourth-order valence-electron chi connectivity index (χ4n) is 4.62. The quantitative estimate of drug-likeness (QED) is 0.226. The van der Waals surface area contributed by atoms with Gasteiger partial charge in [0.05, 0.1) is 13.5 Å². The summed E-state index contributed by atoms with van der Waals surface area (Å²) in [5, 5.41) is 8.38. The van der Waals surface area contributed by atoms with Crippen LogP contribution in [0.1, 0.15) is 35.2 Å². The van der Waals surface area contributed by atoms with Crippen molar-refractivity contribution < 1.29 is 14.3 Å². The molecule has 0 radical (unpaired) electrons. The summed E-state index contributed by atoms with van der Waals surface area (Å²) in [5.41, 5.74) is 2.08. The smallest absolute Gasteiger partial charge is 0.305 e.